The quantitative estimate of drug-likeness (QED) is 0.872. The van der Waals surface area contributed by atoms with Gasteiger partial charge < -0.3 is 15.3 Å². The molecule has 1 rings (SSSR count). The van der Waals surface area contributed by atoms with Crippen LogP contribution in [0, 0.1) is 5.82 Å². The van der Waals surface area contributed by atoms with Gasteiger partial charge in [0.05, 0.1) is 13.0 Å². The highest BCUT2D eigenvalue weighted by molar-refractivity contribution is 6.31. The number of rotatable bonds is 5. The number of benzene rings is 1. The highest BCUT2D eigenvalue weighted by atomic mass is 35.5. The molecular weight excluding hydrogens is 275 g/mol. The minimum absolute atomic E-state index is 0.00438. The van der Waals surface area contributed by atoms with E-state index in [0.29, 0.717) is 0 Å². The summed E-state index contributed by atoms with van der Waals surface area (Å²) in [5.74, 6) is -1.49. The number of hydrogen-bond donors (Lipinski definition) is 2. The number of carbonyl (C=O) groups is 2. The van der Waals surface area contributed by atoms with E-state index in [2.05, 4.69) is 5.32 Å². The van der Waals surface area contributed by atoms with Gasteiger partial charge in [0.15, 0.2) is 0 Å². The van der Waals surface area contributed by atoms with E-state index in [1.54, 1.807) is 0 Å². The number of carboxylic acids is 1. The molecule has 5 nitrogen and oxygen atoms in total. The second-order valence-corrected chi connectivity index (χ2v) is 4.34. The Kier molecular flexibility index (Phi) is 5.57. The Morgan fingerprint density at radius 1 is 1.47 bits per heavy atom. The van der Waals surface area contributed by atoms with E-state index in [9.17, 15) is 14.0 Å². The molecule has 0 aliphatic carbocycles. The maximum Gasteiger partial charge on any atom is 0.317 e. The Labute approximate surface area is 115 Å². The molecule has 0 saturated heterocycles. The van der Waals surface area contributed by atoms with Crippen molar-refractivity contribution in [2.24, 2.45) is 0 Å². The summed E-state index contributed by atoms with van der Waals surface area (Å²) in [5, 5.41) is 11.1. The predicted octanol–water partition coefficient (Wildman–Crippen LogP) is 2.10. The fourth-order valence-electron chi connectivity index (χ4n) is 1.40. The molecule has 0 radical (unpaired) electrons. The fourth-order valence-corrected chi connectivity index (χ4v) is 1.63. The largest absolute Gasteiger partial charge is 0.481 e. The standard InChI is InChI=1S/C12H14ClFN2O3/c1-16(12(19)15-6-5-11(17)18)7-8-9(13)3-2-4-10(8)14/h2-4H,5-7H2,1H3,(H,15,19)(H,17,18). The lowest BCUT2D eigenvalue weighted by molar-refractivity contribution is -0.136. The first-order chi connectivity index (χ1) is 8.91. The van der Waals surface area contributed by atoms with E-state index >= 15 is 0 Å². The van der Waals surface area contributed by atoms with E-state index in [1.807, 2.05) is 0 Å². The van der Waals surface area contributed by atoms with Crippen molar-refractivity contribution < 1.29 is 19.1 Å². The smallest absolute Gasteiger partial charge is 0.317 e. The van der Waals surface area contributed by atoms with Crippen LogP contribution in [0.1, 0.15) is 12.0 Å². The molecule has 1 aromatic carbocycles. The first-order valence-electron chi connectivity index (χ1n) is 5.55. The average molecular weight is 289 g/mol. The van der Waals surface area contributed by atoms with Crippen molar-refractivity contribution in [1.29, 1.82) is 0 Å². The maximum absolute atomic E-state index is 13.5. The third-order valence-corrected chi connectivity index (χ3v) is 2.77. The van der Waals surface area contributed by atoms with Gasteiger partial charge in [0.2, 0.25) is 0 Å². The van der Waals surface area contributed by atoms with Crippen LogP contribution in [0.3, 0.4) is 0 Å². The summed E-state index contributed by atoms with van der Waals surface area (Å²) in [6.07, 6.45) is -0.167. The fraction of sp³-hybridized carbons (Fsp3) is 0.333. The Hall–Kier alpha value is -1.82. The number of hydrogen-bond acceptors (Lipinski definition) is 2. The van der Waals surface area contributed by atoms with Crippen LogP contribution in [0.15, 0.2) is 18.2 Å². The van der Waals surface area contributed by atoms with E-state index in [0.717, 1.165) is 0 Å². The van der Waals surface area contributed by atoms with Crippen molar-refractivity contribution in [3.8, 4) is 0 Å². The van der Waals surface area contributed by atoms with Crippen LogP contribution in [-0.4, -0.2) is 35.6 Å². The lowest BCUT2D eigenvalue weighted by Gasteiger charge is -2.18. The molecule has 19 heavy (non-hydrogen) atoms. The summed E-state index contributed by atoms with van der Waals surface area (Å²) in [6.45, 7) is 0.0217. The molecule has 0 aliphatic heterocycles. The molecule has 0 fully saturated rings. The number of carbonyl (C=O) groups excluding carboxylic acids is 1. The molecule has 1 aromatic rings. The van der Waals surface area contributed by atoms with Crippen molar-refractivity contribution in [3.63, 3.8) is 0 Å². The number of halogens is 2. The highest BCUT2D eigenvalue weighted by Gasteiger charge is 2.14. The van der Waals surface area contributed by atoms with Crippen molar-refractivity contribution in [1.82, 2.24) is 10.2 Å². The molecule has 0 spiro atoms. The molecular formula is C12H14ClFN2O3. The molecule has 7 heteroatoms. The van der Waals surface area contributed by atoms with E-state index in [-0.39, 0.29) is 30.1 Å². The molecule has 0 aliphatic rings. The molecule has 0 saturated carbocycles. The van der Waals surface area contributed by atoms with Gasteiger partial charge >= 0.3 is 12.0 Å². The molecule has 0 atom stereocenters. The molecule has 104 valence electrons. The molecule has 0 bridgehead atoms. The number of aliphatic carboxylic acids is 1. The number of nitrogens with zero attached hydrogens (tertiary/aromatic N) is 1. The minimum Gasteiger partial charge on any atom is -0.481 e. The summed E-state index contributed by atoms with van der Waals surface area (Å²) in [6, 6.07) is 3.79. The van der Waals surface area contributed by atoms with Crippen molar-refractivity contribution in [2.45, 2.75) is 13.0 Å². The second-order valence-electron chi connectivity index (χ2n) is 3.93. The normalized spacial score (nSPS) is 10.1. The Balaban J connectivity index is 2.56. The molecule has 2 N–H and O–H groups in total. The van der Waals surface area contributed by atoms with Gasteiger partial charge in [0.1, 0.15) is 5.82 Å². The van der Waals surface area contributed by atoms with Gasteiger partial charge in [-0.15, -0.1) is 0 Å². The van der Waals surface area contributed by atoms with Crippen LogP contribution >= 0.6 is 11.6 Å². The van der Waals surface area contributed by atoms with Crippen LogP contribution in [0.5, 0.6) is 0 Å². The van der Waals surface area contributed by atoms with Gasteiger partial charge in [-0.05, 0) is 12.1 Å². The zero-order chi connectivity index (χ0) is 14.4. The molecule has 0 aromatic heterocycles. The van der Waals surface area contributed by atoms with Gasteiger partial charge in [-0.3, -0.25) is 4.79 Å². The van der Waals surface area contributed by atoms with Gasteiger partial charge in [0.25, 0.3) is 0 Å². The SMILES string of the molecule is CN(Cc1c(F)cccc1Cl)C(=O)NCCC(=O)O. The number of amides is 2. The van der Waals surface area contributed by atoms with Gasteiger partial charge in [-0.2, -0.15) is 0 Å². The molecule has 2 amide bonds. The average Bonchev–Trinajstić information content (AvgIpc) is 2.33. The highest BCUT2D eigenvalue weighted by Crippen LogP contribution is 2.20. The monoisotopic (exact) mass is 288 g/mol. The Bertz CT molecular complexity index is 462. The lowest BCUT2D eigenvalue weighted by atomic mass is 10.2. The zero-order valence-electron chi connectivity index (χ0n) is 10.3. The minimum atomic E-state index is -1.000. The number of carboxylic acid groups (broad SMARTS) is 1. The van der Waals surface area contributed by atoms with Crippen molar-refractivity contribution in [3.05, 3.63) is 34.6 Å². The summed E-state index contributed by atoms with van der Waals surface area (Å²) in [7, 11) is 1.47. The van der Waals surface area contributed by atoms with E-state index in [4.69, 9.17) is 16.7 Å². The Morgan fingerprint density at radius 2 is 2.16 bits per heavy atom. The van der Waals surface area contributed by atoms with Gasteiger partial charge in [-0.25, -0.2) is 9.18 Å². The topological polar surface area (TPSA) is 69.6 Å². The third kappa shape index (κ3) is 4.75. The first kappa shape index (κ1) is 15.2. The summed E-state index contributed by atoms with van der Waals surface area (Å²) >= 11 is 5.85. The third-order valence-electron chi connectivity index (χ3n) is 2.42. The Morgan fingerprint density at radius 3 is 2.74 bits per heavy atom. The van der Waals surface area contributed by atoms with E-state index in [1.165, 1.54) is 30.1 Å². The molecule has 0 heterocycles. The number of nitrogens with one attached hydrogen (secondary N) is 1. The number of urea groups is 1. The summed E-state index contributed by atoms with van der Waals surface area (Å²) in [5.41, 5.74) is 0.222. The summed E-state index contributed by atoms with van der Waals surface area (Å²) < 4.78 is 13.5. The van der Waals surface area contributed by atoms with Crippen LogP contribution in [-0.2, 0) is 11.3 Å². The lowest BCUT2D eigenvalue weighted by Crippen LogP contribution is -2.38. The first-order valence-corrected chi connectivity index (χ1v) is 5.93. The van der Waals surface area contributed by atoms with Gasteiger partial charge in [0, 0.05) is 24.2 Å². The molecule has 0 unspecified atom stereocenters. The summed E-state index contributed by atoms with van der Waals surface area (Å²) in [4.78, 5) is 23.1. The zero-order valence-corrected chi connectivity index (χ0v) is 11.1. The van der Waals surface area contributed by atoms with Gasteiger partial charge in [-0.1, -0.05) is 17.7 Å². The maximum atomic E-state index is 13.5. The van der Waals surface area contributed by atoms with Crippen LogP contribution < -0.4 is 5.32 Å². The van der Waals surface area contributed by atoms with E-state index < -0.39 is 17.8 Å². The van der Waals surface area contributed by atoms with Crippen molar-refractivity contribution in [2.75, 3.05) is 13.6 Å². The van der Waals surface area contributed by atoms with Crippen LogP contribution in [0.4, 0.5) is 9.18 Å². The van der Waals surface area contributed by atoms with Crippen molar-refractivity contribution >= 4 is 23.6 Å². The van der Waals surface area contributed by atoms with Crippen LogP contribution in [0.2, 0.25) is 5.02 Å². The second kappa shape index (κ2) is 6.94. The predicted molar refractivity (Wildman–Crippen MR) is 68.5 cm³/mol. The van der Waals surface area contributed by atoms with Crippen LogP contribution in [0.25, 0.3) is 0 Å².